The predicted molar refractivity (Wildman–Crippen MR) is 83.4 cm³/mol. The number of pyridine rings is 1. The number of carbonyl (C=O) groups is 1. The Bertz CT molecular complexity index is 640. The number of rotatable bonds is 3. The Morgan fingerprint density at radius 3 is 2.90 bits per heavy atom. The Morgan fingerprint density at radius 1 is 1.29 bits per heavy atom. The van der Waals surface area contributed by atoms with Crippen LogP contribution >= 0.6 is 0 Å². The zero-order valence-electron chi connectivity index (χ0n) is 12.1. The van der Waals surface area contributed by atoms with Gasteiger partial charge in [0.15, 0.2) is 0 Å². The standard InChI is InChI=1S/C17H19N3O/c1-12(13-6-9-18-10-7-13)20-17(21)15-4-5-16-14(11-15)3-2-8-19-16/h4-7,9-12,19H,2-3,8H2,1H3,(H,20,21)/t12-/m1/s1. The van der Waals surface area contributed by atoms with Gasteiger partial charge in [-0.05, 0) is 61.2 Å². The summed E-state index contributed by atoms with van der Waals surface area (Å²) in [6, 6.07) is 9.68. The third-order valence-corrected chi connectivity index (χ3v) is 3.86. The van der Waals surface area contributed by atoms with Gasteiger partial charge in [-0.25, -0.2) is 0 Å². The van der Waals surface area contributed by atoms with Gasteiger partial charge < -0.3 is 10.6 Å². The molecule has 0 saturated carbocycles. The predicted octanol–water partition coefficient (Wildman–Crippen LogP) is 2.93. The van der Waals surface area contributed by atoms with E-state index >= 15 is 0 Å². The summed E-state index contributed by atoms with van der Waals surface area (Å²) in [6.45, 7) is 2.99. The normalized spacial score (nSPS) is 14.7. The molecule has 1 aromatic heterocycles. The van der Waals surface area contributed by atoms with E-state index in [4.69, 9.17) is 0 Å². The largest absolute Gasteiger partial charge is 0.385 e. The lowest BCUT2D eigenvalue weighted by Gasteiger charge is -2.19. The highest BCUT2D eigenvalue weighted by molar-refractivity contribution is 5.95. The van der Waals surface area contributed by atoms with E-state index in [9.17, 15) is 4.79 Å². The quantitative estimate of drug-likeness (QED) is 0.909. The van der Waals surface area contributed by atoms with Crippen molar-refractivity contribution in [3.05, 3.63) is 59.4 Å². The number of hydrogen-bond donors (Lipinski definition) is 2. The zero-order chi connectivity index (χ0) is 14.7. The fourth-order valence-electron chi connectivity index (χ4n) is 2.63. The van der Waals surface area contributed by atoms with Crippen molar-refractivity contribution in [1.82, 2.24) is 10.3 Å². The topological polar surface area (TPSA) is 54.0 Å². The molecule has 0 radical (unpaired) electrons. The Kier molecular flexibility index (Phi) is 3.86. The van der Waals surface area contributed by atoms with Gasteiger partial charge >= 0.3 is 0 Å². The second kappa shape index (κ2) is 5.95. The highest BCUT2D eigenvalue weighted by Gasteiger charge is 2.14. The second-order valence-corrected chi connectivity index (χ2v) is 5.38. The summed E-state index contributed by atoms with van der Waals surface area (Å²) in [7, 11) is 0. The summed E-state index contributed by atoms with van der Waals surface area (Å²) in [5, 5.41) is 6.39. The first-order valence-electron chi connectivity index (χ1n) is 7.31. The number of fused-ring (bicyclic) bond motifs is 1. The average molecular weight is 281 g/mol. The third-order valence-electron chi connectivity index (χ3n) is 3.86. The van der Waals surface area contributed by atoms with Crippen LogP contribution < -0.4 is 10.6 Å². The molecule has 0 fully saturated rings. The first-order chi connectivity index (χ1) is 10.2. The number of carbonyl (C=O) groups excluding carboxylic acids is 1. The molecule has 0 bridgehead atoms. The van der Waals surface area contributed by atoms with Crippen molar-refractivity contribution in [2.75, 3.05) is 11.9 Å². The Balaban J connectivity index is 1.73. The summed E-state index contributed by atoms with van der Waals surface area (Å²) in [4.78, 5) is 16.4. The molecular weight excluding hydrogens is 262 g/mol. The maximum Gasteiger partial charge on any atom is 0.251 e. The van der Waals surface area contributed by atoms with Crippen LogP contribution in [0.2, 0.25) is 0 Å². The molecule has 1 atom stereocenters. The molecule has 0 saturated heterocycles. The molecule has 1 aromatic carbocycles. The Morgan fingerprint density at radius 2 is 2.10 bits per heavy atom. The molecule has 4 nitrogen and oxygen atoms in total. The number of aromatic nitrogens is 1. The van der Waals surface area contributed by atoms with Crippen LogP contribution in [0.4, 0.5) is 5.69 Å². The minimum Gasteiger partial charge on any atom is -0.385 e. The molecule has 2 heterocycles. The van der Waals surface area contributed by atoms with Crippen LogP contribution in [0.1, 0.15) is 40.9 Å². The summed E-state index contributed by atoms with van der Waals surface area (Å²) < 4.78 is 0. The van der Waals surface area contributed by atoms with Gasteiger partial charge in [-0.2, -0.15) is 0 Å². The van der Waals surface area contributed by atoms with E-state index < -0.39 is 0 Å². The van der Waals surface area contributed by atoms with E-state index in [2.05, 4.69) is 15.6 Å². The molecule has 21 heavy (non-hydrogen) atoms. The maximum absolute atomic E-state index is 12.4. The molecular formula is C17H19N3O. The smallest absolute Gasteiger partial charge is 0.251 e. The SMILES string of the molecule is C[C@@H](NC(=O)c1ccc2c(c1)CCCN2)c1ccncc1. The molecule has 2 N–H and O–H groups in total. The molecule has 0 aliphatic carbocycles. The number of hydrogen-bond acceptors (Lipinski definition) is 3. The number of amides is 1. The van der Waals surface area contributed by atoms with Crippen molar-refractivity contribution in [2.45, 2.75) is 25.8 Å². The highest BCUT2D eigenvalue weighted by atomic mass is 16.1. The lowest BCUT2D eigenvalue weighted by atomic mass is 10.0. The minimum atomic E-state index is -0.0346. The van der Waals surface area contributed by atoms with Gasteiger partial charge in [0.1, 0.15) is 0 Å². The third kappa shape index (κ3) is 3.05. The molecule has 4 heteroatoms. The van der Waals surface area contributed by atoms with Crippen molar-refractivity contribution in [1.29, 1.82) is 0 Å². The van der Waals surface area contributed by atoms with E-state index in [-0.39, 0.29) is 11.9 Å². The van der Waals surface area contributed by atoms with Gasteiger partial charge in [0.2, 0.25) is 0 Å². The van der Waals surface area contributed by atoms with E-state index in [0.29, 0.717) is 0 Å². The van der Waals surface area contributed by atoms with Crippen molar-refractivity contribution in [3.63, 3.8) is 0 Å². The van der Waals surface area contributed by atoms with Gasteiger partial charge in [0, 0.05) is 30.2 Å². The molecule has 0 unspecified atom stereocenters. The zero-order valence-corrected chi connectivity index (χ0v) is 12.1. The molecule has 1 aliphatic heterocycles. The minimum absolute atomic E-state index is 0.0327. The lowest BCUT2D eigenvalue weighted by Crippen LogP contribution is -2.27. The molecule has 1 aliphatic rings. The summed E-state index contributed by atoms with van der Waals surface area (Å²) in [5.41, 5.74) is 4.15. The Hall–Kier alpha value is -2.36. The first kappa shape index (κ1) is 13.6. The van der Waals surface area contributed by atoms with Crippen LogP contribution in [0.25, 0.3) is 0 Å². The number of aryl methyl sites for hydroxylation is 1. The van der Waals surface area contributed by atoms with Crippen LogP contribution in [0.3, 0.4) is 0 Å². The van der Waals surface area contributed by atoms with Gasteiger partial charge in [0.05, 0.1) is 6.04 Å². The lowest BCUT2D eigenvalue weighted by molar-refractivity contribution is 0.0940. The molecule has 0 spiro atoms. The molecule has 3 rings (SSSR count). The van der Waals surface area contributed by atoms with Crippen molar-refractivity contribution < 1.29 is 4.79 Å². The average Bonchev–Trinajstić information content (AvgIpc) is 2.55. The van der Waals surface area contributed by atoms with Crippen LogP contribution in [-0.4, -0.2) is 17.4 Å². The first-order valence-corrected chi connectivity index (χ1v) is 7.31. The highest BCUT2D eigenvalue weighted by Crippen LogP contribution is 2.23. The van der Waals surface area contributed by atoms with Crippen molar-refractivity contribution in [3.8, 4) is 0 Å². The van der Waals surface area contributed by atoms with Crippen LogP contribution in [-0.2, 0) is 6.42 Å². The fourth-order valence-corrected chi connectivity index (χ4v) is 2.63. The van der Waals surface area contributed by atoms with Crippen molar-refractivity contribution in [2.24, 2.45) is 0 Å². The van der Waals surface area contributed by atoms with E-state index in [1.165, 1.54) is 5.56 Å². The van der Waals surface area contributed by atoms with E-state index in [1.54, 1.807) is 12.4 Å². The van der Waals surface area contributed by atoms with Crippen LogP contribution in [0.15, 0.2) is 42.7 Å². The van der Waals surface area contributed by atoms with Crippen LogP contribution in [0.5, 0.6) is 0 Å². The Labute approximate surface area is 124 Å². The van der Waals surface area contributed by atoms with Gasteiger partial charge in [0.25, 0.3) is 5.91 Å². The number of nitrogens with one attached hydrogen (secondary N) is 2. The van der Waals surface area contributed by atoms with E-state index in [1.807, 2.05) is 37.3 Å². The number of nitrogens with zero attached hydrogens (tertiary/aromatic N) is 1. The van der Waals surface area contributed by atoms with Gasteiger partial charge in [-0.15, -0.1) is 0 Å². The second-order valence-electron chi connectivity index (χ2n) is 5.38. The summed E-state index contributed by atoms with van der Waals surface area (Å²) in [5.74, 6) is -0.0346. The number of benzene rings is 1. The van der Waals surface area contributed by atoms with Gasteiger partial charge in [-0.1, -0.05) is 0 Å². The fraction of sp³-hybridized carbons (Fsp3) is 0.294. The molecule has 1 amide bonds. The van der Waals surface area contributed by atoms with Gasteiger partial charge in [-0.3, -0.25) is 9.78 Å². The summed E-state index contributed by atoms with van der Waals surface area (Å²) >= 11 is 0. The maximum atomic E-state index is 12.4. The summed E-state index contributed by atoms with van der Waals surface area (Å²) in [6.07, 6.45) is 5.62. The van der Waals surface area contributed by atoms with Crippen LogP contribution in [0, 0.1) is 0 Å². The monoisotopic (exact) mass is 281 g/mol. The van der Waals surface area contributed by atoms with Crippen molar-refractivity contribution >= 4 is 11.6 Å². The molecule has 2 aromatic rings. The molecule has 108 valence electrons. The number of anilines is 1. The van der Waals surface area contributed by atoms with E-state index in [0.717, 1.165) is 36.2 Å².